The number of carbonyl (C=O) groups excluding carboxylic acids is 2. The molecule has 0 radical (unpaired) electrons. The highest BCUT2D eigenvalue weighted by molar-refractivity contribution is 7.99. The molecule has 0 bridgehead atoms. The number of ether oxygens (including phenoxy) is 1. The van der Waals surface area contributed by atoms with E-state index < -0.39 is 0 Å². The van der Waals surface area contributed by atoms with Crippen LogP contribution in [0.15, 0.2) is 5.16 Å². The minimum atomic E-state index is -0.338. The zero-order valence-electron chi connectivity index (χ0n) is 13.1. The zero-order valence-corrected chi connectivity index (χ0v) is 13.9. The Hall–Kier alpha value is -1.57. The number of nitrogens with one attached hydrogen (secondary N) is 1. The van der Waals surface area contributed by atoms with Crippen molar-refractivity contribution in [2.75, 3.05) is 12.4 Å². The molecule has 1 aromatic rings. The molecule has 1 amide bonds. The lowest BCUT2D eigenvalue weighted by atomic mass is 10.1. The summed E-state index contributed by atoms with van der Waals surface area (Å²) >= 11 is 1.28. The molecule has 7 nitrogen and oxygen atoms in total. The number of thioether (sulfide) groups is 1. The van der Waals surface area contributed by atoms with E-state index >= 15 is 0 Å². The highest BCUT2D eigenvalue weighted by Gasteiger charge is 2.17. The summed E-state index contributed by atoms with van der Waals surface area (Å²) in [5.74, 6) is 0.368. The topological polar surface area (TPSA) is 86.1 Å². The van der Waals surface area contributed by atoms with E-state index in [1.165, 1.54) is 11.8 Å². The second-order valence-electron chi connectivity index (χ2n) is 5.53. The van der Waals surface area contributed by atoms with E-state index in [0.29, 0.717) is 17.6 Å². The van der Waals surface area contributed by atoms with Crippen LogP contribution in [0.1, 0.15) is 33.5 Å². The Morgan fingerprint density at radius 2 is 2.00 bits per heavy atom. The van der Waals surface area contributed by atoms with Crippen molar-refractivity contribution < 1.29 is 14.3 Å². The van der Waals surface area contributed by atoms with Crippen LogP contribution < -0.4 is 5.32 Å². The Morgan fingerprint density at radius 1 is 1.33 bits per heavy atom. The van der Waals surface area contributed by atoms with Gasteiger partial charge in [-0.2, -0.15) is 0 Å². The van der Waals surface area contributed by atoms with Gasteiger partial charge in [-0.05, 0) is 27.7 Å². The first-order valence-corrected chi connectivity index (χ1v) is 7.69. The number of carbonyl (C=O) groups is 2. The third-order valence-electron chi connectivity index (χ3n) is 2.38. The van der Waals surface area contributed by atoms with Crippen molar-refractivity contribution in [3.63, 3.8) is 0 Å². The molecule has 0 saturated heterocycles. The molecule has 1 N–H and O–H groups in total. The van der Waals surface area contributed by atoms with Crippen molar-refractivity contribution in [2.45, 2.75) is 44.8 Å². The first-order valence-electron chi connectivity index (χ1n) is 6.70. The summed E-state index contributed by atoms with van der Waals surface area (Å²) in [6.07, 6.45) is 0.0755. The zero-order chi connectivity index (χ0) is 16.0. The summed E-state index contributed by atoms with van der Waals surface area (Å²) in [7, 11) is 1.76. The Morgan fingerprint density at radius 3 is 2.57 bits per heavy atom. The Bertz CT molecular complexity index is 508. The summed E-state index contributed by atoms with van der Waals surface area (Å²) in [4.78, 5) is 23.2. The van der Waals surface area contributed by atoms with Gasteiger partial charge in [-0.1, -0.05) is 11.8 Å². The summed E-state index contributed by atoms with van der Waals surface area (Å²) < 4.78 is 6.57. The van der Waals surface area contributed by atoms with E-state index in [4.69, 9.17) is 4.74 Å². The summed E-state index contributed by atoms with van der Waals surface area (Å²) in [5.41, 5.74) is -0.257. The third-order valence-corrected chi connectivity index (χ3v) is 3.40. The van der Waals surface area contributed by atoms with Gasteiger partial charge in [0.2, 0.25) is 5.91 Å². The molecule has 0 aliphatic rings. The van der Waals surface area contributed by atoms with Gasteiger partial charge in [-0.3, -0.25) is 9.59 Å². The standard InChI is InChI=1S/C13H22N4O3S/c1-6-20-11(19)7-9-15-16-12(17(9)5)21-8-10(18)14-13(2,3)4/h6-8H2,1-5H3,(H,14,18). The van der Waals surface area contributed by atoms with E-state index in [1.807, 2.05) is 20.8 Å². The minimum Gasteiger partial charge on any atom is -0.466 e. The quantitative estimate of drug-likeness (QED) is 0.621. The smallest absolute Gasteiger partial charge is 0.313 e. The van der Waals surface area contributed by atoms with Crippen molar-refractivity contribution in [1.29, 1.82) is 0 Å². The molecule has 0 aliphatic heterocycles. The summed E-state index contributed by atoms with van der Waals surface area (Å²) in [6.45, 7) is 7.87. The van der Waals surface area contributed by atoms with Crippen LogP contribution in [0.5, 0.6) is 0 Å². The number of esters is 1. The molecule has 8 heteroatoms. The lowest BCUT2D eigenvalue weighted by Gasteiger charge is -2.20. The molecule has 1 rings (SSSR count). The maximum atomic E-state index is 11.7. The molecule has 118 valence electrons. The lowest BCUT2D eigenvalue weighted by molar-refractivity contribution is -0.142. The van der Waals surface area contributed by atoms with Gasteiger partial charge in [0.25, 0.3) is 0 Å². The average molecular weight is 314 g/mol. The first-order chi connectivity index (χ1) is 9.73. The molecule has 1 heterocycles. The van der Waals surface area contributed by atoms with Gasteiger partial charge in [0.1, 0.15) is 12.2 Å². The Kier molecular flexibility index (Phi) is 6.19. The number of hydrogen-bond acceptors (Lipinski definition) is 6. The Balaban J connectivity index is 2.56. The molecule has 0 aromatic carbocycles. The van der Waals surface area contributed by atoms with Gasteiger partial charge in [0.15, 0.2) is 5.16 Å². The van der Waals surface area contributed by atoms with E-state index in [1.54, 1.807) is 18.5 Å². The van der Waals surface area contributed by atoms with E-state index in [-0.39, 0.29) is 29.6 Å². The molecular weight excluding hydrogens is 292 g/mol. The lowest BCUT2D eigenvalue weighted by Crippen LogP contribution is -2.41. The number of aromatic nitrogens is 3. The van der Waals surface area contributed by atoms with Crippen molar-refractivity contribution >= 4 is 23.6 Å². The van der Waals surface area contributed by atoms with Crippen molar-refractivity contribution in [3.8, 4) is 0 Å². The van der Waals surface area contributed by atoms with Crippen molar-refractivity contribution in [2.24, 2.45) is 7.05 Å². The second kappa shape index (κ2) is 7.44. The number of amides is 1. The molecule has 0 unspecified atom stereocenters. The predicted molar refractivity (Wildman–Crippen MR) is 80.0 cm³/mol. The van der Waals surface area contributed by atoms with Gasteiger partial charge in [0, 0.05) is 12.6 Å². The van der Waals surface area contributed by atoms with Crippen LogP contribution in [0.2, 0.25) is 0 Å². The maximum Gasteiger partial charge on any atom is 0.313 e. The van der Waals surface area contributed by atoms with Crippen LogP contribution >= 0.6 is 11.8 Å². The van der Waals surface area contributed by atoms with Gasteiger partial charge < -0.3 is 14.6 Å². The van der Waals surface area contributed by atoms with E-state index in [9.17, 15) is 9.59 Å². The van der Waals surface area contributed by atoms with Crippen molar-refractivity contribution in [1.82, 2.24) is 20.1 Å². The average Bonchev–Trinajstić information content (AvgIpc) is 2.66. The largest absolute Gasteiger partial charge is 0.466 e. The maximum absolute atomic E-state index is 11.7. The van der Waals surface area contributed by atoms with Gasteiger partial charge in [0.05, 0.1) is 12.4 Å². The molecule has 0 saturated carbocycles. The van der Waals surface area contributed by atoms with Crippen LogP contribution in [-0.4, -0.2) is 44.5 Å². The fourth-order valence-corrected chi connectivity index (χ4v) is 2.28. The first kappa shape index (κ1) is 17.5. The van der Waals surface area contributed by atoms with Gasteiger partial charge in [-0.25, -0.2) is 0 Å². The van der Waals surface area contributed by atoms with E-state index in [2.05, 4.69) is 15.5 Å². The fourth-order valence-electron chi connectivity index (χ4n) is 1.55. The molecule has 0 aliphatic carbocycles. The minimum absolute atomic E-state index is 0.0672. The SMILES string of the molecule is CCOC(=O)Cc1nnc(SCC(=O)NC(C)(C)C)n1C. The van der Waals surface area contributed by atoms with Crippen LogP contribution in [0, 0.1) is 0 Å². The highest BCUT2D eigenvalue weighted by atomic mass is 32.2. The molecule has 0 atom stereocenters. The highest BCUT2D eigenvalue weighted by Crippen LogP contribution is 2.16. The normalized spacial score (nSPS) is 11.3. The van der Waals surface area contributed by atoms with Crippen LogP contribution in [0.25, 0.3) is 0 Å². The number of rotatable bonds is 6. The molecule has 21 heavy (non-hydrogen) atoms. The van der Waals surface area contributed by atoms with E-state index in [0.717, 1.165) is 0 Å². The molecule has 1 aromatic heterocycles. The molecule has 0 spiro atoms. The van der Waals surface area contributed by atoms with Crippen LogP contribution in [-0.2, 0) is 27.8 Å². The summed E-state index contributed by atoms with van der Waals surface area (Å²) in [6, 6.07) is 0. The fraction of sp³-hybridized carbons (Fsp3) is 0.692. The number of nitrogens with zero attached hydrogens (tertiary/aromatic N) is 3. The van der Waals surface area contributed by atoms with Crippen molar-refractivity contribution in [3.05, 3.63) is 5.82 Å². The van der Waals surface area contributed by atoms with Crippen LogP contribution in [0.3, 0.4) is 0 Å². The molecule has 0 fully saturated rings. The van der Waals surface area contributed by atoms with Gasteiger partial charge in [-0.15, -0.1) is 10.2 Å². The number of hydrogen-bond donors (Lipinski definition) is 1. The molecular formula is C13H22N4O3S. The van der Waals surface area contributed by atoms with Gasteiger partial charge >= 0.3 is 5.97 Å². The Labute approximate surface area is 128 Å². The summed E-state index contributed by atoms with van der Waals surface area (Å²) in [5, 5.41) is 11.4. The second-order valence-corrected chi connectivity index (χ2v) is 6.47. The predicted octanol–water partition coefficient (Wildman–Crippen LogP) is 0.927. The monoisotopic (exact) mass is 314 g/mol. The van der Waals surface area contributed by atoms with Crippen LogP contribution in [0.4, 0.5) is 0 Å². The third kappa shape index (κ3) is 6.16.